The summed E-state index contributed by atoms with van der Waals surface area (Å²) in [5.41, 5.74) is 2.31. The number of para-hydroxylation sites is 1. The fraction of sp³-hybridized carbons (Fsp3) is 0.345. The van der Waals surface area contributed by atoms with E-state index >= 15 is 4.39 Å². The van der Waals surface area contributed by atoms with E-state index < -0.39 is 11.7 Å². The Bertz CT molecular complexity index is 1590. The summed E-state index contributed by atoms with van der Waals surface area (Å²) < 4.78 is 20.1. The monoisotopic (exact) mass is 605 g/mol. The van der Waals surface area contributed by atoms with Crippen LogP contribution in [0.15, 0.2) is 65.4 Å². The number of benzene rings is 2. The fourth-order valence-electron chi connectivity index (χ4n) is 5.53. The molecular weight excluding hydrogens is 577 g/mol. The molecule has 2 aliphatic heterocycles. The maximum atomic E-state index is 15.9. The lowest BCUT2D eigenvalue weighted by atomic mass is 9.91. The first-order valence-electron chi connectivity index (χ1n) is 13.3. The zero-order chi connectivity index (χ0) is 28.2. The minimum absolute atomic E-state index is 0.0262. The number of nitrogens with zero attached hydrogens (tertiary/aromatic N) is 7. The Morgan fingerprint density at radius 3 is 2.55 bits per heavy atom. The minimum atomic E-state index is -1.83. The first-order valence-corrected chi connectivity index (χ1v) is 14.1. The lowest BCUT2D eigenvalue weighted by Crippen LogP contribution is -2.59. The van der Waals surface area contributed by atoms with Gasteiger partial charge in [-0.15, -0.1) is 5.10 Å². The van der Waals surface area contributed by atoms with E-state index in [4.69, 9.17) is 0 Å². The van der Waals surface area contributed by atoms with Gasteiger partial charge in [0.05, 0.1) is 42.4 Å². The minimum Gasteiger partial charge on any atom is -0.331 e. The lowest BCUT2D eigenvalue weighted by Gasteiger charge is -2.43. The molecule has 2 fully saturated rings. The number of aromatic nitrogens is 5. The van der Waals surface area contributed by atoms with E-state index in [1.807, 2.05) is 69.3 Å². The Kier molecular flexibility index (Phi) is 6.56. The normalized spacial score (nSPS) is 18.4. The van der Waals surface area contributed by atoms with E-state index in [0.717, 1.165) is 27.1 Å². The largest absolute Gasteiger partial charge is 0.331 e. The zero-order valence-corrected chi connectivity index (χ0v) is 24.0. The van der Waals surface area contributed by atoms with Crippen molar-refractivity contribution in [1.82, 2.24) is 29.7 Å². The number of amides is 2. The van der Waals surface area contributed by atoms with Crippen LogP contribution in [-0.4, -0.2) is 61.1 Å². The fourth-order valence-corrected chi connectivity index (χ4v) is 5.79. The number of rotatable bonds is 6. The van der Waals surface area contributed by atoms with Crippen LogP contribution >= 0.6 is 15.9 Å². The molecule has 2 aliphatic rings. The van der Waals surface area contributed by atoms with Crippen molar-refractivity contribution in [1.29, 1.82) is 0 Å². The topological polar surface area (TPSA) is 89.2 Å². The van der Waals surface area contributed by atoms with Crippen LogP contribution in [0.25, 0.3) is 5.69 Å². The number of carbonyl (C=O) groups excluding carboxylic acids is 2. The van der Waals surface area contributed by atoms with Crippen molar-refractivity contribution in [3.63, 3.8) is 0 Å². The molecule has 0 spiro atoms. The number of carbonyl (C=O) groups is 2. The van der Waals surface area contributed by atoms with Crippen LogP contribution in [0.1, 0.15) is 59.5 Å². The highest BCUT2D eigenvalue weighted by Crippen LogP contribution is 2.38. The highest BCUT2D eigenvalue weighted by Gasteiger charge is 2.50. The van der Waals surface area contributed by atoms with Gasteiger partial charge in [0.2, 0.25) is 0 Å². The van der Waals surface area contributed by atoms with E-state index in [1.54, 1.807) is 15.8 Å². The van der Waals surface area contributed by atoms with Crippen molar-refractivity contribution >= 4 is 33.4 Å². The summed E-state index contributed by atoms with van der Waals surface area (Å²) in [4.78, 5) is 29.8. The van der Waals surface area contributed by atoms with Crippen LogP contribution in [0.3, 0.4) is 0 Å². The number of anilines is 1. The summed E-state index contributed by atoms with van der Waals surface area (Å²) in [5, 5.41) is 12.7. The molecule has 11 heteroatoms. The molecule has 2 amide bonds. The quantitative estimate of drug-likeness (QED) is 0.310. The van der Waals surface area contributed by atoms with E-state index in [-0.39, 0.29) is 36.5 Å². The molecule has 2 aromatic heterocycles. The Labute approximate surface area is 239 Å². The lowest BCUT2D eigenvalue weighted by molar-refractivity contribution is -0.120. The molecule has 1 atom stereocenters. The molecule has 0 bridgehead atoms. The van der Waals surface area contributed by atoms with Crippen LogP contribution < -0.4 is 4.90 Å². The van der Waals surface area contributed by atoms with Crippen molar-refractivity contribution in [3.8, 4) is 5.69 Å². The van der Waals surface area contributed by atoms with Gasteiger partial charge in [0.15, 0.2) is 5.67 Å². The van der Waals surface area contributed by atoms with Crippen LogP contribution in [0.2, 0.25) is 0 Å². The molecule has 0 aliphatic carbocycles. The summed E-state index contributed by atoms with van der Waals surface area (Å²) in [5.74, 6) is -0.345. The molecule has 1 unspecified atom stereocenters. The second-order valence-electron chi connectivity index (χ2n) is 10.8. The summed E-state index contributed by atoms with van der Waals surface area (Å²) in [6.45, 7) is 6.29. The van der Waals surface area contributed by atoms with Gasteiger partial charge in [-0.2, -0.15) is 5.10 Å². The Morgan fingerprint density at radius 1 is 1.12 bits per heavy atom. The molecule has 2 aromatic carbocycles. The molecule has 2 saturated heterocycles. The number of hydrogen-bond acceptors (Lipinski definition) is 5. The number of likely N-dealkylation sites (tertiary alicyclic amines) is 1. The van der Waals surface area contributed by atoms with Crippen molar-refractivity contribution in [2.75, 3.05) is 24.5 Å². The second-order valence-corrected chi connectivity index (χ2v) is 11.7. The highest BCUT2D eigenvalue weighted by atomic mass is 79.9. The predicted octanol–water partition coefficient (Wildman–Crippen LogP) is 4.96. The Balaban J connectivity index is 1.16. The summed E-state index contributed by atoms with van der Waals surface area (Å²) >= 11 is 3.41. The van der Waals surface area contributed by atoms with Crippen LogP contribution in [0.5, 0.6) is 0 Å². The molecule has 206 valence electrons. The van der Waals surface area contributed by atoms with Gasteiger partial charge in [0.25, 0.3) is 11.8 Å². The third-order valence-electron chi connectivity index (χ3n) is 7.70. The van der Waals surface area contributed by atoms with Crippen molar-refractivity contribution < 1.29 is 14.0 Å². The summed E-state index contributed by atoms with van der Waals surface area (Å²) in [7, 11) is 0. The first kappa shape index (κ1) is 26.4. The van der Waals surface area contributed by atoms with Gasteiger partial charge in [0, 0.05) is 16.7 Å². The number of alkyl halides is 1. The van der Waals surface area contributed by atoms with Crippen molar-refractivity contribution in [3.05, 3.63) is 87.9 Å². The molecular formula is C29H29BrFN7O2. The third kappa shape index (κ3) is 4.42. The molecule has 4 aromatic rings. The van der Waals surface area contributed by atoms with E-state index in [2.05, 4.69) is 31.3 Å². The highest BCUT2D eigenvalue weighted by molar-refractivity contribution is 9.10. The smallest absolute Gasteiger partial charge is 0.257 e. The van der Waals surface area contributed by atoms with Crippen molar-refractivity contribution in [2.24, 2.45) is 0 Å². The molecule has 0 radical (unpaired) electrons. The van der Waals surface area contributed by atoms with E-state index in [9.17, 15) is 9.59 Å². The average molecular weight is 606 g/mol. The van der Waals surface area contributed by atoms with Crippen molar-refractivity contribution in [2.45, 2.75) is 44.8 Å². The maximum absolute atomic E-state index is 15.9. The van der Waals surface area contributed by atoms with Gasteiger partial charge in [-0.25, -0.2) is 13.8 Å². The van der Waals surface area contributed by atoms with Crippen LogP contribution in [0, 0.1) is 6.92 Å². The molecule has 4 heterocycles. The molecule has 0 N–H and O–H groups in total. The van der Waals surface area contributed by atoms with Gasteiger partial charge < -0.3 is 9.80 Å². The Hall–Kier alpha value is -3.86. The van der Waals surface area contributed by atoms with Gasteiger partial charge in [-0.05, 0) is 55.2 Å². The molecule has 9 nitrogen and oxygen atoms in total. The SMILES string of the molecule is Cc1ccccc1-n1ncc(C(=O)N2CC(F)(c3cn(C4CCN(c5ccc(Br)cc5)C4=O)nn3)C2)c1C(C)C. The van der Waals surface area contributed by atoms with Gasteiger partial charge in [0.1, 0.15) is 11.7 Å². The predicted molar refractivity (Wildman–Crippen MR) is 151 cm³/mol. The molecule has 0 saturated carbocycles. The van der Waals surface area contributed by atoms with E-state index in [1.165, 1.54) is 15.8 Å². The average Bonchev–Trinajstić information content (AvgIpc) is 3.66. The first-order chi connectivity index (χ1) is 19.2. The number of halogens is 2. The van der Waals surface area contributed by atoms with E-state index in [0.29, 0.717) is 18.5 Å². The van der Waals surface area contributed by atoms with Crippen LogP contribution in [0.4, 0.5) is 10.1 Å². The standard InChI is InChI=1S/C29H29BrFN7O2/c1-18(2)26-22(14-32-38(26)23-7-5-4-6-19(23)3)27(39)35-16-29(31,17-35)25-15-37(34-33-25)24-12-13-36(28(24)40)21-10-8-20(30)9-11-21/h4-11,14-15,18,24H,12-13,16-17H2,1-3H3. The Morgan fingerprint density at radius 2 is 1.85 bits per heavy atom. The van der Waals surface area contributed by atoms with Gasteiger partial charge >= 0.3 is 0 Å². The summed E-state index contributed by atoms with van der Waals surface area (Å²) in [6, 6.07) is 14.8. The van der Waals surface area contributed by atoms with Gasteiger partial charge in [-0.1, -0.05) is 53.2 Å². The molecule has 6 rings (SSSR count). The maximum Gasteiger partial charge on any atom is 0.257 e. The third-order valence-corrected chi connectivity index (χ3v) is 8.23. The second kappa shape index (κ2) is 9.96. The summed E-state index contributed by atoms with van der Waals surface area (Å²) in [6.07, 6.45) is 3.62. The van der Waals surface area contributed by atoms with Crippen LogP contribution in [-0.2, 0) is 10.5 Å². The number of hydrogen-bond donors (Lipinski definition) is 0. The number of aryl methyl sites for hydroxylation is 1. The van der Waals surface area contributed by atoms with Gasteiger partial charge in [-0.3, -0.25) is 9.59 Å². The molecule has 40 heavy (non-hydrogen) atoms. The zero-order valence-electron chi connectivity index (χ0n) is 22.5.